The van der Waals surface area contributed by atoms with E-state index in [0.717, 1.165) is 0 Å². The number of rotatable bonds is 2. The number of hydrogen-bond acceptors (Lipinski definition) is 1. The highest BCUT2D eigenvalue weighted by molar-refractivity contribution is 5.74. The van der Waals surface area contributed by atoms with Crippen molar-refractivity contribution in [3.8, 4) is 0 Å². The highest BCUT2D eigenvalue weighted by Crippen LogP contribution is 2.29. The number of amides is 2. The van der Waals surface area contributed by atoms with Gasteiger partial charge in [0.2, 0.25) is 0 Å². The highest BCUT2D eigenvalue weighted by Gasteiger charge is 2.33. The van der Waals surface area contributed by atoms with Crippen LogP contribution < -0.4 is 0 Å². The maximum atomic E-state index is 11.9. The molecule has 0 N–H and O–H groups in total. The molecule has 0 saturated heterocycles. The second-order valence-electron chi connectivity index (χ2n) is 5.84. The molecule has 0 aliphatic rings. The molecular weight excluding hydrogens is 188 g/mol. The predicted molar refractivity (Wildman–Crippen MR) is 64.9 cm³/mol. The monoisotopic (exact) mass is 214 g/mol. The van der Waals surface area contributed by atoms with E-state index in [-0.39, 0.29) is 17.5 Å². The molecule has 0 rings (SSSR count). The van der Waals surface area contributed by atoms with E-state index in [9.17, 15) is 4.79 Å². The zero-order valence-electron chi connectivity index (χ0n) is 11.5. The topological polar surface area (TPSA) is 23.6 Å². The van der Waals surface area contributed by atoms with Gasteiger partial charge in [-0.25, -0.2) is 4.79 Å². The minimum atomic E-state index is 0.0728. The van der Waals surface area contributed by atoms with Gasteiger partial charge in [0.15, 0.2) is 0 Å². The van der Waals surface area contributed by atoms with E-state index in [0.29, 0.717) is 5.92 Å². The molecule has 3 heteroatoms. The Morgan fingerprint density at radius 1 is 1.07 bits per heavy atom. The fraction of sp³-hybridized carbons (Fsp3) is 0.917. The van der Waals surface area contributed by atoms with Crippen LogP contribution in [0.25, 0.3) is 0 Å². The van der Waals surface area contributed by atoms with Crippen LogP contribution in [0.15, 0.2) is 0 Å². The molecule has 0 spiro atoms. The average molecular weight is 214 g/mol. The summed E-state index contributed by atoms with van der Waals surface area (Å²) in [6.45, 7) is 10.9. The van der Waals surface area contributed by atoms with Crippen molar-refractivity contribution in [3.63, 3.8) is 0 Å². The molecule has 1 atom stereocenters. The van der Waals surface area contributed by atoms with Crippen LogP contribution in [0.5, 0.6) is 0 Å². The van der Waals surface area contributed by atoms with Crippen LogP contribution in [0, 0.1) is 11.3 Å². The van der Waals surface area contributed by atoms with Gasteiger partial charge in [0, 0.05) is 27.2 Å². The Labute approximate surface area is 94.4 Å². The summed E-state index contributed by atoms with van der Waals surface area (Å²) in [7, 11) is 5.47. The van der Waals surface area contributed by atoms with Crippen LogP contribution in [0.4, 0.5) is 4.79 Å². The van der Waals surface area contributed by atoms with Crippen LogP contribution in [-0.2, 0) is 0 Å². The summed E-state index contributed by atoms with van der Waals surface area (Å²) in [5, 5.41) is 0. The molecule has 0 radical (unpaired) electrons. The molecule has 0 aliphatic carbocycles. The summed E-state index contributed by atoms with van der Waals surface area (Å²) in [6, 6.07) is 0.330. The maximum Gasteiger partial charge on any atom is 0.319 e. The normalized spacial score (nSPS) is 13.9. The van der Waals surface area contributed by atoms with Gasteiger partial charge in [0.05, 0.1) is 0 Å². The largest absolute Gasteiger partial charge is 0.331 e. The molecule has 0 unspecified atom stereocenters. The number of carbonyl (C=O) groups is 1. The molecule has 15 heavy (non-hydrogen) atoms. The second-order valence-corrected chi connectivity index (χ2v) is 5.84. The Hall–Kier alpha value is -0.730. The van der Waals surface area contributed by atoms with Crippen molar-refractivity contribution in [1.82, 2.24) is 9.80 Å². The van der Waals surface area contributed by atoms with Crippen molar-refractivity contribution in [2.24, 2.45) is 11.3 Å². The fourth-order valence-electron chi connectivity index (χ4n) is 2.46. The summed E-state index contributed by atoms with van der Waals surface area (Å²) in [4.78, 5) is 15.4. The summed E-state index contributed by atoms with van der Waals surface area (Å²) in [5.74, 6) is 0.457. The fourth-order valence-corrected chi connectivity index (χ4v) is 2.46. The average Bonchev–Trinajstić information content (AvgIpc) is 1.98. The molecule has 2 amide bonds. The van der Waals surface area contributed by atoms with Gasteiger partial charge >= 0.3 is 6.03 Å². The molecule has 0 aromatic carbocycles. The SMILES string of the molecule is CC(C)[C@H](N(C)C(=O)N(C)C)C(C)(C)C. The molecule has 0 aromatic heterocycles. The van der Waals surface area contributed by atoms with Gasteiger partial charge in [0.1, 0.15) is 0 Å². The van der Waals surface area contributed by atoms with E-state index in [1.54, 1.807) is 19.0 Å². The minimum Gasteiger partial charge on any atom is -0.331 e. The molecule has 0 saturated carbocycles. The van der Waals surface area contributed by atoms with Gasteiger partial charge in [-0.2, -0.15) is 0 Å². The van der Waals surface area contributed by atoms with Crippen LogP contribution in [0.1, 0.15) is 34.6 Å². The lowest BCUT2D eigenvalue weighted by atomic mass is 9.79. The van der Waals surface area contributed by atoms with Crippen molar-refractivity contribution in [3.05, 3.63) is 0 Å². The van der Waals surface area contributed by atoms with Crippen LogP contribution in [-0.4, -0.2) is 43.0 Å². The lowest BCUT2D eigenvalue weighted by Gasteiger charge is -2.41. The highest BCUT2D eigenvalue weighted by atomic mass is 16.2. The third-order valence-corrected chi connectivity index (χ3v) is 2.62. The van der Waals surface area contributed by atoms with Gasteiger partial charge in [-0.1, -0.05) is 34.6 Å². The molecule has 0 bridgehead atoms. The molecule has 0 aromatic rings. The zero-order chi connectivity index (χ0) is 12.4. The first-order valence-electron chi connectivity index (χ1n) is 5.53. The number of urea groups is 1. The van der Waals surface area contributed by atoms with Gasteiger partial charge in [-0.05, 0) is 11.3 Å². The molecule has 0 heterocycles. The van der Waals surface area contributed by atoms with Crippen LogP contribution >= 0.6 is 0 Å². The van der Waals surface area contributed by atoms with E-state index in [2.05, 4.69) is 34.6 Å². The van der Waals surface area contributed by atoms with E-state index in [1.165, 1.54) is 0 Å². The van der Waals surface area contributed by atoms with Crippen molar-refractivity contribution in [2.45, 2.75) is 40.7 Å². The minimum absolute atomic E-state index is 0.0728. The second kappa shape index (κ2) is 4.86. The van der Waals surface area contributed by atoms with Crippen molar-refractivity contribution < 1.29 is 4.79 Å². The third-order valence-electron chi connectivity index (χ3n) is 2.62. The first kappa shape index (κ1) is 14.3. The van der Waals surface area contributed by atoms with Gasteiger partial charge in [-0.15, -0.1) is 0 Å². The number of nitrogens with zero attached hydrogens (tertiary/aromatic N) is 2. The zero-order valence-corrected chi connectivity index (χ0v) is 11.5. The number of carbonyl (C=O) groups excluding carboxylic acids is 1. The van der Waals surface area contributed by atoms with E-state index in [4.69, 9.17) is 0 Å². The van der Waals surface area contributed by atoms with Gasteiger partial charge in [-0.3, -0.25) is 0 Å². The Morgan fingerprint density at radius 2 is 1.47 bits per heavy atom. The Kier molecular flexibility index (Phi) is 4.63. The van der Waals surface area contributed by atoms with E-state index < -0.39 is 0 Å². The Bertz CT molecular complexity index is 216. The van der Waals surface area contributed by atoms with E-state index >= 15 is 0 Å². The summed E-state index contributed by atoms with van der Waals surface area (Å²) < 4.78 is 0. The lowest BCUT2D eigenvalue weighted by Crippen LogP contribution is -2.51. The smallest absolute Gasteiger partial charge is 0.319 e. The van der Waals surface area contributed by atoms with Crippen LogP contribution in [0.2, 0.25) is 0 Å². The molecule has 0 fully saturated rings. The van der Waals surface area contributed by atoms with Gasteiger partial charge < -0.3 is 9.80 Å². The van der Waals surface area contributed by atoms with Crippen molar-refractivity contribution in [1.29, 1.82) is 0 Å². The summed E-state index contributed by atoms with van der Waals surface area (Å²) in [6.07, 6.45) is 0. The van der Waals surface area contributed by atoms with Gasteiger partial charge in [0.25, 0.3) is 0 Å². The molecule has 3 nitrogen and oxygen atoms in total. The van der Waals surface area contributed by atoms with Crippen molar-refractivity contribution in [2.75, 3.05) is 21.1 Å². The first-order chi connectivity index (χ1) is 6.59. The summed E-state index contributed by atoms with van der Waals surface area (Å²) in [5.41, 5.74) is 0.106. The summed E-state index contributed by atoms with van der Waals surface area (Å²) >= 11 is 0. The Morgan fingerprint density at radius 3 is 1.67 bits per heavy atom. The predicted octanol–water partition coefficient (Wildman–Crippen LogP) is 2.67. The molecule has 90 valence electrons. The van der Waals surface area contributed by atoms with Crippen LogP contribution in [0.3, 0.4) is 0 Å². The third kappa shape index (κ3) is 3.73. The molecular formula is C12H26N2O. The standard InChI is InChI=1S/C12H26N2O/c1-9(2)10(12(3,4)5)14(8)11(15)13(6)7/h9-10H,1-8H3/t10-/m0/s1. The van der Waals surface area contributed by atoms with Crippen molar-refractivity contribution >= 4 is 6.03 Å². The quantitative estimate of drug-likeness (QED) is 0.693. The Balaban J connectivity index is 4.88. The lowest BCUT2D eigenvalue weighted by molar-refractivity contribution is 0.0899. The molecule has 0 aliphatic heterocycles. The maximum absolute atomic E-state index is 11.9. The number of hydrogen-bond donors (Lipinski definition) is 0. The first-order valence-corrected chi connectivity index (χ1v) is 5.53. The van der Waals surface area contributed by atoms with E-state index in [1.807, 2.05) is 11.9 Å².